The van der Waals surface area contributed by atoms with Gasteiger partial charge in [-0.25, -0.2) is 4.79 Å². The van der Waals surface area contributed by atoms with Crippen molar-refractivity contribution in [3.05, 3.63) is 41.7 Å². The van der Waals surface area contributed by atoms with Gasteiger partial charge in [0, 0.05) is 7.05 Å². The van der Waals surface area contributed by atoms with E-state index in [0.29, 0.717) is 5.75 Å². The maximum Gasteiger partial charge on any atom is 0.358 e. The number of aryl methyl sites for hydroxylation is 2. The molecule has 0 saturated heterocycles. The number of carboxylic acids is 1. The minimum absolute atomic E-state index is 0.0388. The zero-order chi connectivity index (χ0) is 13.1. The first kappa shape index (κ1) is 12.2. The first-order valence-corrected chi connectivity index (χ1v) is 5.64. The largest absolute Gasteiger partial charge is 0.476 e. The molecule has 2 rings (SSSR count). The van der Waals surface area contributed by atoms with E-state index in [9.17, 15) is 4.79 Å². The normalized spacial score (nSPS) is 10.3. The summed E-state index contributed by atoms with van der Waals surface area (Å²) in [4.78, 5) is 11.1. The third-order valence-electron chi connectivity index (χ3n) is 2.64. The molecule has 0 bridgehead atoms. The molecule has 1 aromatic heterocycles. The summed E-state index contributed by atoms with van der Waals surface area (Å²) in [5.74, 6) is -0.195. The van der Waals surface area contributed by atoms with Crippen molar-refractivity contribution in [2.45, 2.75) is 13.3 Å². The van der Waals surface area contributed by atoms with Crippen LogP contribution in [0.3, 0.4) is 0 Å². The Balaban J connectivity index is 2.31. The molecule has 94 valence electrons. The zero-order valence-corrected chi connectivity index (χ0v) is 10.3. The van der Waals surface area contributed by atoms with E-state index in [1.54, 1.807) is 13.1 Å². The van der Waals surface area contributed by atoms with Crippen molar-refractivity contribution < 1.29 is 14.6 Å². The molecule has 0 aliphatic rings. The number of benzene rings is 1. The fraction of sp³-hybridized carbons (Fsp3) is 0.231. The van der Waals surface area contributed by atoms with Gasteiger partial charge in [0.2, 0.25) is 0 Å². The Morgan fingerprint density at radius 2 is 2.28 bits per heavy atom. The van der Waals surface area contributed by atoms with Gasteiger partial charge in [-0.05, 0) is 24.1 Å². The molecule has 0 spiro atoms. The van der Waals surface area contributed by atoms with Gasteiger partial charge in [-0.15, -0.1) is 0 Å². The highest BCUT2D eigenvalue weighted by Gasteiger charge is 2.17. The first-order chi connectivity index (χ1) is 8.61. The molecule has 0 atom stereocenters. The molecular weight excluding hydrogens is 232 g/mol. The van der Waals surface area contributed by atoms with Crippen LogP contribution < -0.4 is 4.74 Å². The summed E-state index contributed by atoms with van der Waals surface area (Å²) in [5, 5.41) is 13.0. The molecule has 1 N–H and O–H groups in total. The van der Waals surface area contributed by atoms with Crippen molar-refractivity contribution in [1.29, 1.82) is 0 Å². The van der Waals surface area contributed by atoms with E-state index < -0.39 is 5.97 Å². The summed E-state index contributed by atoms with van der Waals surface area (Å²) in [6, 6.07) is 7.55. The van der Waals surface area contributed by atoms with Crippen LogP contribution in [0.1, 0.15) is 23.0 Å². The van der Waals surface area contributed by atoms with E-state index in [2.05, 4.69) is 5.10 Å². The smallest absolute Gasteiger partial charge is 0.358 e. The number of hydrogen-bond acceptors (Lipinski definition) is 3. The van der Waals surface area contributed by atoms with E-state index in [1.807, 2.05) is 25.1 Å². The minimum Gasteiger partial charge on any atom is -0.476 e. The molecule has 5 nitrogen and oxygen atoms in total. The second-order valence-electron chi connectivity index (χ2n) is 3.89. The van der Waals surface area contributed by atoms with E-state index in [-0.39, 0.29) is 11.4 Å². The predicted octanol–water partition coefficient (Wildman–Crippen LogP) is 2.47. The Kier molecular flexibility index (Phi) is 3.32. The third-order valence-corrected chi connectivity index (χ3v) is 2.64. The molecule has 0 unspecified atom stereocenters. The first-order valence-electron chi connectivity index (χ1n) is 5.64. The lowest BCUT2D eigenvalue weighted by molar-refractivity contribution is 0.0682. The van der Waals surface area contributed by atoms with Crippen LogP contribution in [0.4, 0.5) is 0 Å². The van der Waals surface area contributed by atoms with Crippen molar-refractivity contribution >= 4 is 5.97 Å². The van der Waals surface area contributed by atoms with Gasteiger partial charge in [-0.2, -0.15) is 5.10 Å². The van der Waals surface area contributed by atoms with E-state index in [0.717, 1.165) is 12.0 Å². The molecule has 2 aromatic rings. The second-order valence-corrected chi connectivity index (χ2v) is 3.89. The van der Waals surface area contributed by atoms with Crippen molar-refractivity contribution in [2.24, 2.45) is 7.05 Å². The Bertz CT molecular complexity index is 575. The van der Waals surface area contributed by atoms with Crippen LogP contribution in [0.15, 0.2) is 30.5 Å². The molecule has 0 aliphatic heterocycles. The average Bonchev–Trinajstić information content (AvgIpc) is 2.70. The van der Waals surface area contributed by atoms with Gasteiger partial charge >= 0.3 is 5.97 Å². The Morgan fingerprint density at radius 3 is 2.94 bits per heavy atom. The highest BCUT2D eigenvalue weighted by molar-refractivity contribution is 5.88. The molecule has 5 heteroatoms. The highest BCUT2D eigenvalue weighted by atomic mass is 16.5. The summed E-state index contributed by atoms with van der Waals surface area (Å²) < 4.78 is 6.85. The molecule has 18 heavy (non-hydrogen) atoms. The second kappa shape index (κ2) is 4.91. The number of aromatic carboxylic acids is 1. The number of nitrogens with zero attached hydrogens (tertiary/aromatic N) is 2. The van der Waals surface area contributed by atoms with Crippen LogP contribution in [0.25, 0.3) is 0 Å². The number of hydrogen-bond donors (Lipinski definition) is 1. The molecule has 0 fully saturated rings. The topological polar surface area (TPSA) is 64.4 Å². The fourth-order valence-electron chi connectivity index (χ4n) is 1.69. The fourth-order valence-corrected chi connectivity index (χ4v) is 1.69. The van der Waals surface area contributed by atoms with Crippen LogP contribution in [0.5, 0.6) is 11.5 Å². The number of aromatic nitrogens is 2. The van der Waals surface area contributed by atoms with Crippen LogP contribution in [0, 0.1) is 0 Å². The molecule has 0 aliphatic carbocycles. The number of ether oxygens (including phenoxy) is 1. The van der Waals surface area contributed by atoms with E-state index >= 15 is 0 Å². The van der Waals surface area contributed by atoms with Crippen molar-refractivity contribution in [2.75, 3.05) is 0 Å². The summed E-state index contributed by atoms with van der Waals surface area (Å²) in [6.07, 6.45) is 2.30. The van der Waals surface area contributed by atoms with Crippen molar-refractivity contribution in [3.8, 4) is 11.5 Å². The van der Waals surface area contributed by atoms with E-state index in [1.165, 1.54) is 10.9 Å². The quantitative estimate of drug-likeness (QED) is 0.900. The van der Waals surface area contributed by atoms with Crippen LogP contribution in [-0.4, -0.2) is 20.9 Å². The van der Waals surface area contributed by atoms with Crippen molar-refractivity contribution in [3.63, 3.8) is 0 Å². The van der Waals surface area contributed by atoms with Gasteiger partial charge in [0.1, 0.15) is 5.75 Å². The average molecular weight is 246 g/mol. The summed E-state index contributed by atoms with van der Waals surface area (Å²) in [7, 11) is 1.57. The Labute approximate surface area is 105 Å². The lowest BCUT2D eigenvalue weighted by atomic mass is 10.2. The molecule has 0 amide bonds. The summed E-state index contributed by atoms with van der Waals surface area (Å²) >= 11 is 0. The zero-order valence-electron chi connectivity index (χ0n) is 10.3. The number of rotatable bonds is 4. The van der Waals surface area contributed by atoms with Gasteiger partial charge in [0.25, 0.3) is 0 Å². The van der Waals surface area contributed by atoms with Crippen LogP contribution >= 0.6 is 0 Å². The van der Waals surface area contributed by atoms with Gasteiger partial charge in [0.15, 0.2) is 11.4 Å². The number of carboxylic acid groups (broad SMARTS) is 1. The summed E-state index contributed by atoms with van der Waals surface area (Å²) in [5.41, 5.74) is 1.17. The highest BCUT2D eigenvalue weighted by Crippen LogP contribution is 2.25. The van der Waals surface area contributed by atoms with E-state index in [4.69, 9.17) is 9.84 Å². The lowest BCUT2D eigenvalue weighted by Crippen LogP contribution is -2.06. The molecule has 1 heterocycles. The molecular formula is C13H14N2O3. The van der Waals surface area contributed by atoms with Gasteiger partial charge < -0.3 is 9.84 Å². The van der Waals surface area contributed by atoms with Crippen LogP contribution in [-0.2, 0) is 13.5 Å². The maximum absolute atomic E-state index is 11.1. The van der Waals surface area contributed by atoms with Gasteiger partial charge in [0.05, 0.1) is 6.20 Å². The maximum atomic E-state index is 11.1. The minimum atomic E-state index is -1.06. The van der Waals surface area contributed by atoms with Gasteiger partial charge in [-0.1, -0.05) is 19.1 Å². The molecule has 0 saturated carbocycles. The molecule has 0 radical (unpaired) electrons. The molecule has 1 aromatic carbocycles. The summed E-state index contributed by atoms with van der Waals surface area (Å²) in [6.45, 7) is 2.05. The SMILES string of the molecule is CCc1cccc(Oc2cnn(C)c2C(=O)O)c1. The Hall–Kier alpha value is -2.30. The Morgan fingerprint density at radius 1 is 1.50 bits per heavy atom. The monoisotopic (exact) mass is 246 g/mol. The van der Waals surface area contributed by atoms with Crippen molar-refractivity contribution in [1.82, 2.24) is 9.78 Å². The van der Waals surface area contributed by atoms with Gasteiger partial charge in [-0.3, -0.25) is 4.68 Å². The lowest BCUT2D eigenvalue weighted by Gasteiger charge is -2.06. The van der Waals surface area contributed by atoms with Crippen LogP contribution in [0.2, 0.25) is 0 Å². The standard InChI is InChI=1S/C13H14N2O3/c1-3-9-5-4-6-10(7-9)18-11-8-14-15(2)12(11)13(16)17/h4-8H,3H2,1-2H3,(H,16,17). The number of carbonyl (C=O) groups is 1. The third kappa shape index (κ3) is 2.34. The predicted molar refractivity (Wildman–Crippen MR) is 66.1 cm³/mol.